The van der Waals surface area contributed by atoms with Crippen LogP contribution < -0.4 is 5.32 Å². The van der Waals surface area contributed by atoms with Crippen LogP contribution in [0.2, 0.25) is 0 Å². The molecule has 0 radical (unpaired) electrons. The summed E-state index contributed by atoms with van der Waals surface area (Å²) in [6.07, 6.45) is 0.0563. The van der Waals surface area contributed by atoms with Crippen molar-refractivity contribution in [3.63, 3.8) is 0 Å². The van der Waals surface area contributed by atoms with E-state index in [1.165, 1.54) is 37.4 Å². The van der Waals surface area contributed by atoms with Crippen molar-refractivity contribution in [2.45, 2.75) is 23.5 Å². The molecule has 9 nitrogen and oxygen atoms in total. The molecule has 0 saturated carbocycles. The van der Waals surface area contributed by atoms with E-state index in [-0.39, 0.29) is 30.4 Å². The summed E-state index contributed by atoms with van der Waals surface area (Å²) in [5, 5.41) is 1.96. The number of hydrogen-bond donors (Lipinski definition) is 1. The minimum absolute atomic E-state index is 0.0563. The molecule has 3 amide bonds. The van der Waals surface area contributed by atoms with Crippen LogP contribution in [0.15, 0.2) is 53.4 Å². The molecule has 10 heteroatoms. The number of benzene rings is 2. The van der Waals surface area contributed by atoms with E-state index in [9.17, 15) is 24.0 Å². The van der Waals surface area contributed by atoms with Gasteiger partial charge in [-0.25, -0.2) is 9.59 Å². The Morgan fingerprint density at radius 3 is 2.36 bits per heavy atom. The van der Waals surface area contributed by atoms with Crippen LogP contribution in [0.25, 0.3) is 0 Å². The summed E-state index contributed by atoms with van der Waals surface area (Å²) in [7, 11) is 1.42. The number of carbonyl (C=O) groups is 5. The lowest BCUT2D eigenvalue weighted by atomic mass is 10.2. The van der Waals surface area contributed by atoms with Crippen LogP contribution in [0.5, 0.6) is 0 Å². The van der Waals surface area contributed by atoms with Crippen molar-refractivity contribution in [2.24, 2.45) is 0 Å². The number of esters is 2. The average molecular weight is 471 g/mol. The fourth-order valence-corrected chi connectivity index (χ4v) is 4.24. The van der Waals surface area contributed by atoms with E-state index in [1.54, 1.807) is 25.1 Å². The molecule has 1 aliphatic rings. The molecule has 1 N–H and O–H groups in total. The van der Waals surface area contributed by atoms with Crippen molar-refractivity contribution in [1.29, 1.82) is 0 Å². The summed E-state index contributed by atoms with van der Waals surface area (Å²) in [6, 6.07) is 12.6. The predicted octanol–water partition coefficient (Wildman–Crippen LogP) is 2.51. The number of ether oxygens (including phenoxy) is 2. The van der Waals surface area contributed by atoms with E-state index < -0.39 is 29.7 Å². The number of carbonyl (C=O) groups excluding carboxylic acids is 5. The number of nitrogens with one attached hydrogen (secondary N) is 1. The molecule has 1 fully saturated rings. The van der Waals surface area contributed by atoms with Gasteiger partial charge in [-0.1, -0.05) is 12.1 Å². The predicted molar refractivity (Wildman–Crippen MR) is 120 cm³/mol. The minimum atomic E-state index is -0.726. The second-order valence-corrected chi connectivity index (χ2v) is 8.26. The second kappa shape index (κ2) is 10.8. The van der Waals surface area contributed by atoms with E-state index in [4.69, 9.17) is 9.47 Å². The Labute approximate surface area is 194 Å². The summed E-state index contributed by atoms with van der Waals surface area (Å²) in [5.41, 5.74) is 0.974. The first-order valence-electron chi connectivity index (χ1n) is 10.1. The Morgan fingerprint density at radius 2 is 1.73 bits per heavy atom. The molecule has 172 valence electrons. The smallest absolute Gasteiger partial charge is 0.339 e. The zero-order valence-corrected chi connectivity index (χ0v) is 18.8. The standard InChI is InChI=1S/C23H22N2O7S/c1-3-31-22(29)14-8-10-15(11-9-14)24-19(26)13-32-23(30)16-6-4-5-7-17(16)33-18-12-20(27)25(2)21(18)28/h4-11,18H,3,12-13H2,1-2H3,(H,24,26). The highest BCUT2D eigenvalue weighted by Gasteiger charge is 2.37. The van der Waals surface area contributed by atoms with Crippen molar-refractivity contribution in [3.8, 4) is 0 Å². The molecule has 1 saturated heterocycles. The monoisotopic (exact) mass is 470 g/mol. The van der Waals surface area contributed by atoms with Gasteiger partial charge in [0.25, 0.3) is 5.91 Å². The van der Waals surface area contributed by atoms with Crippen LogP contribution in [0, 0.1) is 0 Å². The van der Waals surface area contributed by atoms with E-state index in [2.05, 4.69) is 5.32 Å². The molecular weight excluding hydrogens is 448 g/mol. The van der Waals surface area contributed by atoms with Gasteiger partial charge < -0.3 is 14.8 Å². The van der Waals surface area contributed by atoms with E-state index in [1.807, 2.05) is 0 Å². The topological polar surface area (TPSA) is 119 Å². The summed E-state index contributed by atoms with van der Waals surface area (Å²) in [4.78, 5) is 61.9. The highest BCUT2D eigenvalue weighted by atomic mass is 32.2. The van der Waals surface area contributed by atoms with Crippen molar-refractivity contribution in [1.82, 2.24) is 4.90 Å². The van der Waals surface area contributed by atoms with Crippen LogP contribution in [-0.4, -0.2) is 60.1 Å². The molecule has 0 spiro atoms. The van der Waals surface area contributed by atoms with Gasteiger partial charge in [0.05, 0.1) is 23.0 Å². The Bertz CT molecular complexity index is 1080. The first kappa shape index (κ1) is 24.0. The minimum Gasteiger partial charge on any atom is -0.462 e. The largest absolute Gasteiger partial charge is 0.462 e. The van der Waals surface area contributed by atoms with Gasteiger partial charge >= 0.3 is 11.9 Å². The summed E-state index contributed by atoms with van der Waals surface area (Å²) in [5.74, 6) is -2.34. The molecule has 3 rings (SSSR count). The SMILES string of the molecule is CCOC(=O)c1ccc(NC(=O)COC(=O)c2ccccc2SC2CC(=O)N(C)C2=O)cc1. The highest BCUT2D eigenvalue weighted by Crippen LogP contribution is 2.33. The summed E-state index contributed by atoms with van der Waals surface area (Å²) < 4.78 is 10.0. The number of amides is 3. The second-order valence-electron chi connectivity index (χ2n) is 7.02. The number of imide groups is 1. The normalized spacial score (nSPS) is 15.3. The maximum Gasteiger partial charge on any atom is 0.339 e. The highest BCUT2D eigenvalue weighted by molar-refractivity contribution is 8.00. The third kappa shape index (κ3) is 5.98. The fourth-order valence-electron chi connectivity index (χ4n) is 3.02. The van der Waals surface area contributed by atoms with Gasteiger partial charge in [0.15, 0.2) is 6.61 Å². The van der Waals surface area contributed by atoms with Gasteiger partial charge in [0.1, 0.15) is 0 Å². The van der Waals surface area contributed by atoms with Crippen molar-refractivity contribution in [3.05, 3.63) is 59.7 Å². The molecule has 0 bridgehead atoms. The molecule has 1 atom stereocenters. The van der Waals surface area contributed by atoms with Crippen LogP contribution in [0.3, 0.4) is 0 Å². The first-order chi connectivity index (χ1) is 15.8. The van der Waals surface area contributed by atoms with Gasteiger partial charge in [0, 0.05) is 24.1 Å². The average Bonchev–Trinajstić information content (AvgIpc) is 3.05. The Morgan fingerprint density at radius 1 is 1.03 bits per heavy atom. The number of likely N-dealkylation sites (tertiary alicyclic amines) is 1. The maximum atomic E-state index is 12.6. The molecule has 1 aliphatic heterocycles. The number of thioether (sulfide) groups is 1. The van der Waals surface area contributed by atoms with E-state index >= 15 is 0 Å². The molecule has 2 aromatic carbocycles. The number of anilines is 1. The Balaban J connectivity index is 1.56. The van der Waals surface area contributed by atoms with E-state index in [0.717, 1.165) is 16.7 Å². The molecule has 1 unspecified atom stereocenters. The number of nitrogens with zero attached hydrogens (tertiary/aromatic N) is 1. The molecular formula is C23H22N2O7S. The molecule has 33 heavy (non-hydrogen) atoms. The zero-order chi connectivity index (χ0) is 24.0. The number of rotatable bonds is 8. The van der Waals surface area contributed by atoms with Crippen LogP contribution in [0.1, 0.15) is 34.1 Å². The fraction of sp³-hybridized carbons (Fsp3) is 0.261. The van der Waals surface area contributed by atoms with Crippen molar-refractivity contribution >= 4 is 47.1 Å². The van der Waals surface area contributed by atoms with Gasteiger partial charge in [-0.15, -0.1) is 11.8 Å². The lowest BCUT2D eigenvalue weighted by Crippen LogP contribution is -2.26. The van der Waals surface area contributed by atoms with Crippen molar-refractivity contribution < 1.29 is 33.4 Å². The maximum absolute atomic E-state index is 12.6. The van der Waals surface area contributed by atoms with Gasteiger partial charge in [-0.05, 0) is 43.3 Å². The lowest BCUT2D eigenvalue weighted by Gasteiger charge is -2.12. The van der Waals surface area contributed by atoms with Crippen LogP contribution >= 0.6 is 11.8 Å². The third-order valence-electron chi connectivity index (χ3n) is 4.73. The zero-order valence-electron chi connectivity index (χ0n) is 18.0. The number of hydrogen-bond acceptors (Lipinski definition) is 8. The molecule has 0 aliphatic carbocycles. The lowest BCUT2D eigenvalue weighted by molar-refractivity contribution is -0.136. The van der Waals surface area contributed by atoms with Crippen molar-refractivity contribution in [2.75, 3.05) is 25.6 Å². The molecule has 1 heterocycles. The van der Waals surface area contributed by atoms with Gasteiger partial charge in [-0.2, -0.15) is 0 Å². The first-order valence-corrected chi connectivity index (χ1v) is 11.0. The quantitative estimate of drug-likeness (QED) is 0.462. The summed E-state index contributed by atoms with van der Waals surface area (Å²) in [6.45, 7) is 1.44. The Hall–Kier alpha value is -3.66. The van der Waals surface area contributed by atoms with Gasteiger partial charge in [0.2, 0.25) is 11.8 Å². The van der Waals surface area contributed by atoms with Crippen LogP contribution in [0.4, 0.5) is 5.69 Å². The van der Waals surface area contributed by atoms with E-state index in [0.29, 0.717) is 16.1 Å². The summed E-state index contributed by atoms with van der Waals surface area (Å²) >= 11 is 1.11. The van der Waals surface area contributed by atoms with Crippen LogP contribution in [-0.2, 0) is 23.9 Å². The molecule has 0 aromatic heterocycles. The molecule has 2 aromatic rings. The Kier molecular flexibility index (Phi) is 7.83. The third-order valence-corrected chi connectivity index (χ3v) is 5.99. The van der Waals surface area contributed by atoms with Gasteiger partial charge in [-0.3, -0.25) is 19.3 Å².